The van der Waals surface area contributed by atoms with Crippen LogP contribution in [0, 0.1) is 34.4 Å². The molecule has 0 spiro atoms. The lowest BCUT2D eigenvalue weighted by Gasteiger charge is -2.35. The van der Waals surface area contributed by atoms with Gasteiger partial charge in [-0.15, -0.1) is 0 Å². The van der Waals surface area contributed by atoms with Crippen molar-refractivity contribution in [3.63, 3.8) is 0 Å². The first kappa shape index (κ1) is 99.7. The average molecular weight is 1670 g/mol. The zero-order valence-corrected chi connectivity index (χ0v) is 72.3. The first-order valence-corrected chi connectivity index (χ1v) is 43.0. The summed E-state index contributed by atoms with van der Waals surface area (Å²) in [4.78, 5) is 134. The van der Waals surface area contributed by atoms with E-state index in [1.165, 1.54) is 66.0 Å². The number of benzene rings is 3. The van der Waals surface area contributed by atoms with Crippen LogP contribution in [0.3, 0.4) is 0 Å². The van der Waals surface area contributed by atoms with Crippen molar-refractivity contribution in [1.82, 2.24) is 48.4 Å². The number of hydroxylamine groups is 2. The zero-order chi connectivity index (χ0) is 85.2. The molecule has 5 atom stereocenters. The molecule has 7 N–H and O–H groups in total. The van der Waals surface area contributed by atoms with Crippen molar-refractivity contribution >= 4 is 136 Å². The third-order valence-electron chi connectivity index (χ3n) is 17.9. The number of ketones is 4. The fourth-order valence-corrected chi connectivity index (χ4v) is 13.6. The normalized spacial score (nSPS) is 16.2. The zero-order valence-electron chi connectivity index (χ0n) is 68.2. The fourth-order valence-electron chi connectivity index (χ4n) is 10.8. The van der Waals surface area contributed by atoms with E-state index in [0.29, 0.717) is 42.6 Å². The summed E-state index contributed by atoms with van der Waals surface area (Å²) in [7, 11) is 4.01. The molecular formula is C86H115N11O13S5. The molecule has 29 heteroatoms. The molecule has 24 nitrogen and oxygen atoms in total. The largest absolute Gasteiger partial charge is 0.378 e. The van der Waals surface area contributed by atoms with Crippen LogP contribution in [0.5, 0.6) is 0 Å². The molecule has 0 radical (unpaired) electrons. The maximum absolute atomic E-state index is 12.0. The third kappa shape index (κ3) is 39.6. The average Bonchev–Trinajstić information content (AvgIpc) is 1.68. The van der Waals surface area contributed by atoms with Gasteiger partial charge in [-0.2, -0.15) is 0 Å². The highest BCUT2D eigenvalue weighted by molar-refractivity contribution is 7.97. The van der Waals surface area contributed by atoms with Crippen LogP contribution in [-0.4, -0.2) is 179 Å². The van der Waals surface area contributed by atoms with Gasteiger partial charge in [-0.1, -0.05) is 176 Å². The van der Waals surface area contributed by atoms with E-state index in [2.05, 4.69) is 62.9 Å². The van der Waals surface area contributed by atoms with Crippen molar-refractivity contribution in [2.45, 2.75) is 125 Å². The van der Waals surface area contributed by atoms with Crippen LogP contribution in [0.2, 0.25) is 0 Å². The van der Waals surface area contributed by atoms with Gasteiger partial charge in [0.05, 0.1) is 29.4 Å². The van der Waals surface area contributed by atoms with Crippen LogP contribution < -0.4 is 21.2 Å². The summed E-state index contributed by atoms with van der Waals surface area (Å²) in [5, 5.41) is 19.8. The van der Waals surface area contributed by atoms with Crippen LogP contribution in [0.25, 0.3) is 16.8 Å². The second-order valence-electron chi connectivity index (χ2n) is 27.3. The molecule has 0 saturated carbocycles. The number of rotatable bonds is 36. The number of H-pyrrole nitrogens is 2. The van der Waals surface area contributed by atoms with Crippen LogP contribution in [-0.2, 0) is 49.6 Å². The molecule has 5 aromatic rings. The predicted octanol–water partition coefficient (Wildman–Crippen LogP) is 15.5. The number of imidazole rings is 1. The molecule has 4 fully saturated rings. The standard InChI is InChI=1S/C18H24N2O2.C16H16N2O3.4C11H17NO2S.C8H7N3S/c1-13(6-11-18(21)19-22)12-14(2)15(3)16-7-9-17(10-8-16)20(4)5;19-15(17-10-9-12-5-2-1-3-6-12)13-7-4-8-14(11-13)16(20)18-21;4*1-9(13)6-4-3-5-7-10-8-12(15-2)11(10)14;12-8-10-5-7(11-8)6-1-3-9-4-2-6/h6-12,14,22H,3H2,1-2,4-5H3,(H,19,21);1-8,11,21H,9-10H2,(H,17,19)(H,18,20);4*3,5,10H,4,6-8H2,1-2H3;1-5H,(H2,10,11,12)/b11-6+,13-12+;;2*5-3+;2*5-3-;/t14-;;4*10-;/m1.1010./s1. The maximum atomic E-state index is 12.0. The number of aromatic nitrogens is 3. The summed E-state index contributed by atoms with van der Waals surface area (Å²) < 4.78 is 7.73. The molecular weight excluding hydrogens is 1560 g/mol. The number of hydrogen-bond donors (Lipinski definition) is 7. The van der Waals surface area contributed by atoms with Gasteiger partial charge in [-0.05, 0) is 170 Å². The van der Waals surface area contributed by atoms with Gasteiger partial charge in [-0.3, -0.25) is 66.2 Å². The number of anilines is 1. The Hall–Kier alpha value is -9.49. The van der Waals surface area contributed by atoms with E-state index in [0.717, 1.165) is 123 Å². The molecule has 0 aliphatic carbocycles. The lowest BCUT2D eigenvalue weighted by Crippen LogP contribution is -2.47. The van der Waals surface area contributed by atoms with Gasteiger partial charge < -0.3 is 39.4 Å². The molecule has 4 aliphatic rings. The first-order valence-electron chi connectivity index (χ1n) is 37.8. The minimum Gasteiger partial charge on any atom is -0.378 e. The van der Waals surface area contributed by atoms with E-state index in [-0.39, 0.29) is 87.8 Å². The Morgan fingerprint density at radius 2 is 0.965 bits per heavy atom. The Morgan fingerprint density at radius 1 is 0.557 bits per heavy atom. The first-order chi connectivity index (χ1) is 55.0. The fraction of sp³-hybridized carbons (Fsp3) is 0.407. The van der Waals surface area contributed by atoms with E-state index in [1.54, 1.807) is 86.5 Å². The van der Waals surface area contributed by atoms with Gasteiger partial charge in [0.2, 0.25) is 23.6 Å². The van der Waals surface area contributed by atoms with Crippen molar-refractivity contribution in [2.24, 2.45) is 29.6 Å². The topological polar surface area (TPSA) is 325 Å². The number of carbonyl (C=O) groups excluding carboxylic acids is 11. The number of nitrogens with one attached hydrogen (secondary N) is 5. The van der Waals surface area contributed by atoms with E-state index < -0.39 is 11.8 Å². The molecule has 4 saturated heterocycles. The molecule has 2 aromatic heterocycles. The van der Waals surface area contributed by atoms with Crippen molar-refractivity contribution in [3.8, 4) is 11.3 Å². The highest BCUT2D eigenvalue weighted by Crippen LogP contribution is 2.31. The van der Waals surface area contributed by atoms with Gasteiger partial charge in [-0.25, -0.2) is 11.0 Å². The lowest BCUT2D eigenvalue weighted by molar-refractivity contribution is -0.139. The smallest absolute Gasteiger partial charge is 0.274 e. The second kappa shape index (κ2) is 56.7. The predicted molar refractivity (Wildman–Crippen MR) is 469 cm³/mol. The van der Waals surface area contributed by atoms with Crippen LogP contribution in [0.1, 0.15) is 150 Å². The minimum absolute atomic E-state index is 0.145. The second-order valence-corrected chi connectivity index (χ2v) is 30.9. The number of allylic oxidation sites excluding steroid dienone is 12. The van der Waals surface area contributed by atoms with Crippen LogP contribution in [0.15, 0.2) is 189 Å². The molecule has 7 amide bonds. The van der Waals surface area contributed by atoms with Crippen molar-refractivity contribution in [3.05, 3.63) is 216 Å². The van der Waals surface area contributed by atoms with Crippen molar-refractivity contribution in [2.75, 3.05) is 76.7 Å². The number of nitrogens with zero attached hydrogens (tertiary/aromatic N) is 6. The summed E-state index contributed by atoms with van der Waals surface area (Å²) in [6.45, 7) is 18.5. The molecule has 6 heterocycles. The number of carbonyl (C=O) groups is 11. The Labute approximate surface area is 701 Å². The highest BCUT2D eigenvalue weighted by Gasteiger charge is 2.37. The summed E-state index contributed by atoms with van der Waals surface area (Å²) in [6, 6.07) is 28.1. The van der Waals surface area contributed by atoms with E-state index in [9.17, 15) is 52.7 Å². The number of hydrogen-bond acceptors (Lipinski definition) is 20. The van der Waals surface area contributed by atoms with Crippen LogP contribution >= 0.6 is 60.0 Å². The highest BCUT2D eigenvalue weighted by atomic mass is 32.2. The quantitative estimate of drug-likeness (QED) is 0.00286. The Morgan fingerprint density at radius 3 is 1.31 bits per heavy atom. The van der Waals surface area contributed by atoms with Gasteiger partial charge >= 0.3 is 0 Å². The minimum atomic E-state index is -0.645. The molecule has 4 aliphatic heterocycles. The van der Waals surface area contributed by atoms with Crippen LogP contribution in [0.4, 0.5) is 5.69 Å². The number of pyridine rings is 1. The third-order valence-corrected chi connectivity index (χ3v) is 21.1. The van der Waals surface area contributed by atoms with Crippen molar-refractivity contribution in [1.29, 1.82) is 0 Å². The maximum Gasteiger partial charge on any atom is 0.274 e. The van der Waals surface area contributed by atoms with Gasteiger partial charge in [0.15, 0.2) is 4.77 Å². The molecule has 0 unspecified atom stereocenters. The molecule has 9 rings (SSSR count). The van der Waals surface area contributed by atoms with Gasteiger partial charge in [0.25, 0.3) is 17.7 Å². The SMILES string of the molecule is C=C(c1ccc(N(C)C)cc1)[C@H](C)/C=C(C)/C=C/C(=O)NO.CSN1C[C@@H](C/C=C/CCC(C)=O)C1=O.CSN1C[C@@H](C/C=C\CCC(C)=O)C1=O.CSN1C[C@H](C/C=C/CCC(C)=O)C1=O.CSN1C[C@H](C/C=C\CCC(C)=O)C1=O.O=C(NO)c1cccc(C(=O)NCCc2ccccc2)c1.S=c1[nH]cc(-c2ccncc2)[nH]1. The molecule has 115 heavy (non-hydrogen) atoms. The van der Waals surface area contributed by atoms with Gasteiger partial charge in [0, 0.05) is 145 Å². The summed E-state index contributed by atoms with van der Waals surface area (Å²) in [5.41, 5.74) is 11.1. The monoisotopic (exact) mass is 1670 g/mol. The van der Waals surface area contributed by atoms with E-state index in [1.807, 2.05) is 149 Å². The lowest BCUT2D eigenvalue weighted by atomic mass is 9.93. The number of β-lactam (4-membered cyclic amide) rings is 4. The summed E-state index contributed by atoms with van der Waals surface area (Å²) in [6.07, 6.45) is 43.6. The van der Waals surface area contributed by atoms with E-state index in [4.69, 9.17) is 22.6 Å². The Kier molecular flexibility index (Phi) is 49.2. The molecule has 0 bridgehead atoms. The summed E-state index contributed by atoms with van der Waals surface area (Å²) >= 11 is 10.9. The molecule has 3 aromatic carbocycles. The Bertz CT molecular complexity index is 3960. The number of aromatic amines is 2. The van der Waals surface area contributed by atoms with E-state index >= 15 is 0 Å². The molecule has 622 valence electrons. The number of Topliss-reactive ketones (excluding diaryl/α,β-unsaturated/α-hetero) is 4. The van der Waals surface area contributed by atoms with Crippen molar-refractivity contribution < 1.29 is 63.2 Å². The Balaban J connectivity index is 0.000000350. The summed E-state index contributed by atoms with van der Waals surface area (Å²) in [5.74, 6) is 1.20. The van der Waals surface area contributed by atoms with Gasteiger partial charge in [0.1, 0.15) is 23.1 Å². The number of amides is 7.